The van der Waals surface area contributed by atoms with E-state index in [0.717, 1.165) is 12.1 Å². The molecule has 0 saturated carbocycles. The van der Waals surface area contributed by atoms with E-state index in [-0.39, 0.29) is 10.6 Å². The Hall–Kier alpha value is -1.14. The number of benzene rings is 1. The number of rotatable bonds is 4. The van der Waals surface area contributed by atoms with Crippen LogP contribution in [0.15, 0.2) is 23.1 Å². The van der Waals surface area contributed by atoms with Crippen LogP contribution in [0.25, 0.3) is 0 Å². The third-order valence-electron chi connectivity index (χ3n) is 2.31. The molecular weight excluding hydrogens is 231 g/mol. The number of halogens is 1. The molecule has 0 aliphatic heterocycles. The van der Waals surface area contributed by atoms with E-state index in [1.165, 1.54) is 10.4 Å². The molecule has 0 aliphatic carbocycles. The van der Waals surface area contributed by atoms with Crippen LogP contribution < -0.4 is 5.73 Å². The molecule has 0 bridgehead atoms. The maximum absolute atomic E-state index is 12.9. The Morgan fingerprint density at radius 3 is 2.31 bits per heavy atom. The highest BCUT2D eigenvalue weighted by molar-refractivity contribution is 7.89. The largest absolute Gasteiger partial charge is 0.396 e. The average Bonchev–Trinajstić information content (AvgIpc) is 2.23. The number of hydrogen-bond acceptors (Lipinski definition) is 3. The van der Waals surface area contributed by atoms with E-state index in [1.807, 2.05) is 0 Å². The summed E-state index contributed by atoms with van der Waals surface area (Å²) in [4.78, 5) is 0.0232. The fourth-order valence-electron chi connectivity index (χ4n) is 1.39. The van der Waals surface area contributed by atoms with Gasteiger partial charge in [0.25, 0.3) is 0 Å². The predicted octanol–water partition coefficient (Wildman–Crippen LogP) is 1.44. The first-order valence-electron chi connectivity index (χ1n) is 4.98. The SMILES string of the molecule is CCN(CC)S(=O)(=O)c1ccc(F)c(N)c1. The summed E-state index contributed by atoms with van der Waals surface area (Å²) >= 11 is 0. The minimum absolute atomic E-state index is 0.0232. The third kappa shape index (κ3) is 2.33. The summed E-state index contributed by atoms with van der Waals surface area (Å²) in [5, 5.41) is 0. The van der Waals surface area contributed by atoms with Crippen molar-refractivity contribution in [3.8, 4) is 0 Å². The van der Waals surface area contributed by atoms with Crippen molar-refractivity contribution in [1.82, 2.24) is 4.31 Å². The van der Waals surface area contributed by atoms with E-state index >= 15 is 0 Å². The molecule has 1 aromatic rings. The molecular formula is C10H15FN2O2S. The van der Waals surface area contributed by atoms with E-state index in [0.29, 0.717) is 13.1 Å². The second-order valence-corrected chi connectivity index (χ2v) is 5.21. The molecule has 0 fully saturated rings. The van der Waals surface area contributed by atoms with Crippen molar-refractivity contribution >= 4 is 15.7 Å². The Bertz CT molecular complexity index is 470. The molecule has 1 aromatic carbocycles. The molecule has 1 rings (SSSR count). The molecule has 0 amide bonds. The van der Waals surface area contributed by atoms with Crippen molar-refractivity contribution in [3.05, 3.63) is 24.0 Å². The summed E-state index contributed by atoms with van der Waals surface area (Å²) in [5.41, 5.74) is 5.18. The number of sulfonamides is 1. The lowest BCUT2D eigenvalue weighted by Crippen LogP contribution is -2.30. The van der Waals surface area contributed by atoms with Crippen LogP contribution >= 0.6 is 0 Å². The van der Waals surface area contributed by atoms with Gasteiger partial charge in [0.05, 0.1) is 10.6 Å². The zero-order chi connectivity index (χ0) is 12.3. The maximum Gasteiger partial charge on any atom is 0.243 e. The molecule has 0 heterocycles. The molecule has 0 atom stereocenters. The molecule has 0 unspecified atom stereocenters. The highest BCUT2D eigenvalue weighted by Crippen LogP contribution is 2.20. The molecule has 4 nitrogen and oxygen atoms in total. The van der Waals surface area contributed by atoms with E-state index in [4.69, 9.17) is 5.73 Å². The van der Waals surface area contributed by atoms with Crippen LogP contribution in [0.1, 0.15) is 13.8 Å². The van der Waals surface area contributed by atoms with Gasteiger partial charge in [-0.25, -0.2) is 12.8 Å². The summed E-state index contributed by atoms with van der Waals surface area (Å²) in [6.07, 6.45) is 0. The van der Waals surface area contributed by atoms with Gasteiger partial charge in [-0.3, -0.25) is 0 Å². The highest BCUT2D eigenvalue weighted by atomic mass is 32.2. The van der Waals surface area contributed by atoms with E-state index in [2.05, 4.69) is 0 Å². The Morgan fingerprint density at radius 2 is 1.88 bits per heavy atom. The van der Waals surface area contributed by atoms with Crippen LogP contribution in [0.3, 0.4) is 0 Å². The average molecular weight is 246 g/mol. The summed E-state index contributed by atoms with van der Waals surface area (Å²) < 4.78 is 38.2. The minimum atomic E-state index is -3.55. The Balaban J connectivity index is 3.22. The smallest absolute Gasteiger partial charge is 0.243 e. The molecule has 0 saturated heterocycles. The fraction of sp³-hybridized carbons (Fsp3) is 0.400. The van der Waals surface area contributed by atoms with Gasteiger partial charge in [-0.1, -0.05) is 13.8 Å². The summed E-state index contributed by atoms with van der Waals surface area (Å²) in [5.74, 6) is -0.613. The standard InChI is InChI=1S/C10H15FN2O2S/c1-3-13(4-2)16(14,15)8-5-6-9(11)10(12)7-8/h5-7H,3-4,12H2,1-2H3. The van der Waals surface area contributed by atoms with Crippen LogP contribution in [0.5, 0.6) is 0 Å². The summed E-state index contributed by atoms with van der Waals surface area (Å²) in [6, 6.07) is 3.42. The Labute approximate surface area is 94.9 Å². The molecule has 0 aliphatic rings. The van der Waals surface area contributed by atoms with E-state index in [9.17, 15) is 12.8 Å². The number of nitrogens with zero attached hydrogens (tertiary/aromatic N) is 1. The Kier molecular flexibility index (Phi) is 3.88. The van der Waals surface area contributed by atoms with Crippen LogP contribution in [-0.4, -0.2) is 25.8 Å². The molecule has 0 radical (unpaired) electrons. The van der Waals surface area contributed by atoms with Crippen molar-refractivity contribution < 1.29 is 12.8 Å². The van der Waals surface area contributed by atoms with Gasteiger partial charge in [-0.15, -0.1) is 0 Å². The van der Waals surface area contributed by atoms with Crippen LogP contribution in [0.4, 0.5) is 10.1 Å². The van der Waals surface area contributed by atoms with Crippen molar-refractivity contribution in [2.24, 2.45) is 0 Å². The first-order valence-corrected chi connectivity index (χ1v) is 6.42. The predicted molar refractivity (Wildman–Crippen MR) is 60.9 cm³/mol. The number of anilines is 1. The van der Waals surface area contributed by atoms with Gasteiger partial charge in [0.15, 0.2) is 0 Å². The van der Waals surface area contributed by atoms with Crippen molar-refractivity contribution in [2.45, 2.75) is 18.7 Å². The van der Waals surface area contributed by atoms with Crippen LogP contribution in [0, 0.1) is 5.82 Å². The first-order chi connectivity index (χ1) is 7.43. The molecule has 0 aromatic heterocycles. The molecule has 90 valence electrons. The van der Waals surface area contributed by atoms with E-state index < -0.39 is 15.8 Å². The van der Waals surface area contributed by atoms with Crippen molar-refractivity contribution in [1.29, 1.82) is 0 Å². The number of hydrogen-bond donors (Lipinski definition) is 1. The summed E-state index contributed by atoms with van der Waals surface area (Å²) in [7, 11) is -3.55. The monoisotopic (exact) mass is 246 g/mol. The lowest BCUT2D eigenvalue weighted by atomic mass is 10.3. The highest BCUT2D eigenvalue weighted by Gasteiger charge is 2.22. The lowest BCUT2D eigenvalue weighted by molar-refractivity contribution is 0.445. The molecule has 2 N–H and O–H groups in total. The minimum Gasteiger partial charge on any atom is -0.396 e. The maximum atomic E-state index is 12.9. The van der Waals surface area contributed by atoms with Gasteiger partial charge in [-0.2, -0.15) is 4.31 Å². The quantitative estimate of drug-likeness (QED) is 0.818. The normalized spacial score (nSPS) is 12.0. The van der Waals surface area contributed by atoms with Gasteiger partial charge in [0.1, 0.15) is 5.82 Å². The number of nitrogens with two attached hydrogens (primary N) is 1. The fourth-order valence-corrected chi connectivity index (χ4v) is 2.89. The zero-order valence-electron chi connectivity index (χ0n) is 9.27. The van der Waals surface area contributed by atoms with Gasteiger partial charge < -0.3 is 5.73 Å². The van der Waals surface area contributed by atoms with E-state index in [1.54, 1.807) is 13.8 Å². The molecule has 6 heteroatoms. The second-order valence-electron chi connectivity index (χ2n) is 3.27. The van der Waals surface area contributed by atoms with Gasteiger partial charge in [-0.05, 0) is 18.2 Å². The first kappa shape index (κ1) is 12.9. The number of nitrogen functional groups attached to an aromatic ring is 1. The lowest BCUT2D eigenvalue weighted by Gasteiger charge is -2.18. The van der Waals surface area contributed by atoms with Crippen LogP contribution in [-0.2, 0) is 10.0 Å². The van der Waals surface area contributed by atoms with Crippen LogP contribution in [0.2, 0.25) is 0 Å². The van der Waals surface area contributed by atoms with Crippen molar-refractivity contribution in [2.75, 3.05) is 18.8 Å². The van der Waals surface area contributed by atoms with Gasteiger partial charge >= 0.3 is 0 Å². The van der Waals surface area contributed by atoms with Crippen molar-refractivity contribution in [3.63, 3.8) is 0 Å². The van der Waals surface area contributed by atoms with Gasteiger partial charge in [0.2, 0.25) is 10.0 Å². The Morgan fingerprint density at radius 1 is 1.31 bits per heavy atom. The molecule has 0 spiro atoms. The zero-order valence-corrected chi connectivity index (χ0v) is 10.1. The molecule has 16 heavy (non-hydrogen) atoms. The topological polar surface area (TPSA) is 63.4 Å². The van der Waals surface area contributed by atoms with Gasteiger partial charge in [0, 0.05) is 13.1 Å². The third-order valence-corrected chi connectivity index (χ3v) is 4.36. The second kappa shape index (κ2) is 4.80. The summed E-state index contributed by atoms with van der Waals surface area (Å²) in [6.45, 7) is 4.23.